The van der Waals surface area contributed by atoms with E-state index < -0.39 is 0 Å². The quantitative estimate of drug-likeness (QED) is 0.500. The molecule has 0 saturated carbocycles. The number of aromatic nitrogens is 3. The van der Waals surface area contributed by atoms with Crippen molar-refractivity contribution in [2.24, 2.45) is 0 Å². The zero-order valence-electron chi connectivity index (χ0n) is 16.0. The minimum absolute atomic E-state index is 0.0484. The number of para-hydroxylation sites is 2. The SMILES string of the molecule is CC[NH+](CC)CCn1c2ccccc2n2c(C(=O)c3cccs3)c(C)nc12. The summed E-state index contributed by atoms with van der Waals surface area (Å²) in [5, 5.41) is 1.94. The Bertz CT molecular complexity index is 1090. The lowest BCUT2D eigenvalue weighted by atomic mass is 10.2. The lowest BCUT2D eigenvalue weighted by Crippen LogP contribution is -3.11. The van der Waals surface area contributed by atoms with E-state index in [9.17, 15) is 4.79 Å². The van der Waals surface area contributed by atoms with Crippen LogP contribution in [0.3, 0.4) is 0 Å². The number of fused-ring (bicyclic) bond motifs is 3. The fourth-order valence-electron chi connectivity index (χ4n) is 3.80. The number of quaternary nitrogens is 1. The molecule has 27 heavy (non-hydrogen) atoms. The van der Waals surface area contributed by atoms with Crippen LogP contribution in [0.2, 0.25) is 0 Å². The van der Waals surface area contributed by atoms with Crippen LogP contribution in [0.1, 0.15) is 34.9 Å². The maximum Gasteiger partial charge on any atom is 0.221 e. The van der Waals surface area contributed by atoms with Crippen LogP contribution in [-0.2, 0) is 6.54 Å². The first-order valence-corrected chi connectivity index (χ1v) is 10.4. The molecule has 4 rings (SSSR count). The molecule has 6 heteroatoms. The highest BCUT2D eigenvalue weighted by Gasteiger charge is 2.24. The molecule has 0 aliphatic heterocycles. The number of rotatable bonds is 7. The molecule has 0 amide bonds. The van der Waals surface area contributed by atoms with Gasteiger partial charge in [0.25, 0.3) is 0 Å². The number of hydrogen-bond donors (Lipinski definition) is 1. The fourth-order valence-corrected chi connectivity index (χ4v) is 4.46. The Labute approximate surface area is 162 Å². The molecule has 3 aromatic heterocycles. The van der Waals surface area contributed by atoms with Gasteiger partial charge in [0.15, 0.2) is 0 Å². The highest BCUT2D eigenvalue weighted by Crippen LogP contribution is 2.26. The number of imidazole rings is 2. The van der Waals surface area contributed by atoms with Gasteiger partial charge in [0.2, 0.25) is 11.6 Å². The van der Waals surface area contributed by atoms with Gasteiger partial charge in [0.05, 0.1) is 47.8 Å². The van der Waals surface area contributed by atoms with Crippen molar-refractivity contribution >= 4 is 33.9 Å². The number of nitrogens with one attached hydrogen (secondary N) is 1. The van der Waals surface area contributed by atoms with Crippen LogP contribution in [-0.4, -0.2) is 39.4 Å². The molecule has 0 bridgehead atoms. The zero-order valence-corrected chi connectivity index (χ0v) is 16.8. The third kappa shape index (κ3) is 2.99. The van der Waals surface area contributed by atoms with Gasteiger partial charge < -0.3 is 9.47 Å². The highest BCUT2D eigenvalue weighted by atomic mass is 32.1. The van der Waals surface area contributed by atoms with Crippen LogP contribution in [0.5, 0.6) is 0 Å². The standard InChI is InChI=1S/C21H24N4OS/c1-4-23(5-2)12-13-24-16-9-6-7-10-17(16)25-19(15(3)22-21(24)25)20(26)18-11-8-14-27-18/h6-11,14H,4-5,12-13H2,1-3H3/p+1. The Morgan fingerprint density at radius 1 is 1.11 bits per heavy atom. The summed E-state index contributed by atoms with van der Waals surface area (Å²) in [6.07, 6.45) is 0. The summed E-state index contributed by atoms with van der Waals surface area (Å²) in [5.74, 6) is 0.910. The topological polar surface area (TPSA) is 43.7 Å². The molecular formula is C21H25N4OS+. The van der Waals surface area contributed by atoms with Crippen molar-refractivity contribution in [1.29, 1.82) is 0 Å². The van der Waals surface area contributed by atoms with Gasteiger partial charge in [-0.05, 0) is 44.4 Å². The number of hydrogen-bond acceptors (Lipinski definition) is 3. The summed E-state index contributed by atoms with van der Waals surface area (Å²) in [6.45, 7) is 10.5. The number of likely N-dealkylation sites (N-methyl/N-ethyl adjacent to an activating group) is 1. The van der Waals surface area contributed by atoms with E-state index >= 15 is 0 Å². The second kappa shape index (κ2) is 7.29. The van der Waals surface area contributed by atoms with Crippen molar-refractivity contribution in [2.45, 2.75) is 27.3 Å². The van der Waals surface area contributed by atoms with Gasteiger partial charge in [-0.1, -0.05) is 18.2 Å². The molecule has 0 aliphatic rings. The average Bonchev–Trinajstić information content (AvgIpc) is 3.38. The summed E-state index contributed by atoms with van der Waals surface area (Å²) in [4.78, 5) is 20.3. The summed E-state index contributed by atoms with van der Waals surface area (Å²) < 4.78 is 4.31. The number of nitrogens with zero attached hydrogens (tertiary/aromatic N) is 3. The van der Waals surface area contributed by atoms with Crippen molar-refractivity contribution in [3.8, 4) is 0 Å². The van der Waals surface area contributed by atoms with Gasteiger partial charge in [0.1, 0.15) is 5.69 Å². The van der Waals surface area contributed by atoms with Gasteiger partial charge in [0, 0.05) is 0 Å². The number of ketones is 1. The molecule has 0 spiro atoms. The normalized spacial score (nSPS) is 11.9. The number of aryl methyl sites for hydroxylation is 1. The molecule has 3 heterocycles. The maximum atomic E-state index is 13.2. The summed E-state index contributed by atoms with van der Waals surface area (Å²) in [7, 11) is 0. The van der Waals surface area contributed by atoms with Crippen LogP contribution in [0.15, 0.2) is 41.8 Å². The number of benzene rings is 1. The molecule has 4 aromatic rings. The molecule has 1 aromatic carbocycles. The van der Waals surface area contributed by atoms with Crippen LogP contribution in [0.4, 0.5) is 0 Å². The smallest absolute Gasteiger partial charge is 0.221 e. The largest absolute Gasteiger partial charge is 0.334 e. The molecule has 0 saturated heterocycles. The van der Waals surface area contributed by atoms with Crippen molar-refractivity contribution in [3.63, 3.8) is 0 Å². The summed E-state index contributed by atoms with van der Waals surface area (Å²) in [5.41, 5.74) is 3.64. The van der Waals surface area contributed by atoms with Crippen molar-refractivity contribution in [3.05, 3.63) is 58.0 Å². The number of thiophene rings is 1. The molecule has 140 valence electrons. The van der Waals surface area contributed by atoms with E-state index in [0.29, 0.717) is 5.69 Å². The highest BCUT2D eigenvalue weighted by molar-refractivity contribution is 7.12. The molecule has 0 atom stereocenters. The van der Waals surface area contributed by atoms with E-state index in [0.717, 1.165) is 53.6 Å². The van der Waals surface area contributed by atoms with E-state index in [1.54, 1.807) is 4.90 Å². The Kier molecular flexibility index (Phi) is 4.85. The van der Waals surface area contributed by atoms with Gasteiger partial charge in [-0.25, -0.2) is 4.98 Å². The molecule has 0 unspecified atom stereocenters. The van der Waals surface area contributed by atoms with Gasteiger partial charge >= 0.3 is 0 Å². The van der Waals surface area contributed by atoms with E-state index in [4.69, 9.17) is 4.98 Å². The summed E-state index contributed by atoms with van der Waals surface area (Å²) in [6, 6.07) is 12.1. The Morgan fingerprint density at radius 2 is 1.85 bits per heavy atom. The first-order chi connectivity index (χ1) is 13.2. The van der Waals surface area contributed by atoms with Gasteiger partial charge in [-0.2, -0.15) is 0 Å². The van der Waals surface area contributed by atoms with Crippen LogP contribution in [0.25, 0.3) is 16.8 Å². The van der Waals surface area contributed by atoms with Crippen LogP contribution >= 0.6 is 11.3 Å². The first kappa shape index (κ1) is 17.9. The zero-order chi connectivity index (χ0) is 19.0. The molecule has 1 N–H and O–H groups in total. The second-order valence-electron chi connectivity index (χ2n) is 6.84. The van der Waals surface area contributed by atoms with Crippen molar-refractivity contribution in [2.75, 3.05) is 19.6 Å². The lowest BCUT2D eigenvalue weighted by Gasteiger charge is -2.15. The third-order valence-corrected chi connectivity index (χ3v) is 6.21. The lowest BCUT2D eigenvalue weighted by molar-refractivity contribution is -0.897. The van der Waals surface area contributed by atoms with E-state index in [1.165, 1.54) is 11.3 Å². The number of carbonyl (C=O) groups is 1. The van der Waals surface area contributed by atoms with E-state index in [2.05, 4.69) is 36.6 Å². The maximum absolute atomic E-state index is 13.2. The number of carbonyl (C=O) groups excluding carboxylic acids is 1. The first-order valence-electron chi connectivity index (χ1n) is 9.53. The Hall–Kier alpha value is -2.44. The second-order valence-corrected chi connectivity index (χ2v) is 7.78. The third-order valence-electron chi connectivity index (χ3n) is 5.34. The van der Waals surface area contributed by atoms with Crippen molar-refractivity contribution < 1.29 is 9.69 Å². The Morgan fingerprint density at radius 3 is 2.52 bits per heavy atom. The van der Waals surface area contributed by atoms with Crippen LogP contribution in [0, 0.1) is 6.92 Å². The molecule has 0 fully saturated rings. The monoisotopic (exact) mass is 381 g/mol. The predicted molar refractivity (Wildman–Crippen MR) is 110 cm³/mol. The van der Waals surface area contributed by atoms with E-state index in [1.807, 2.05) is 34.9 Å². The Balaban J connectivity index is 1.89. The van der Waals surface area contributed by atoms with Crippen LogP contribution < -0.4 is 4.90 Å². The van der Waals surface area contributed by atoms with Gasteiger partial charge in [-0.3, -0.25) is 9.20 Å². The minimum atomic E-state index is 0.0484. The summed E-state index contributed by atoms with van der Waals surface area (Å²) >= 11 is 1.48. The average molecular weight is 382 g/mol. The molecular weight excluding hydrogens is 356 g/mol. The minimum Gasteiger partial charge on any atom is -0.334 e. The predicted octanol–water partition coefficient (Wildman–Crippen LogP) is 2.81. The molecule has 5 nitrogen and oxygen atoms in total. The molecule has 0 radical (unpaired) electrons. The molecule has 0 aliphatic carbocycles. The van der Waals surface area contributed by atoms with Crippen molar-refractivity contribution in [1.82, 2.24) is 14.0 Å². The van der Waals surface area contributed by atoms with E-state index in [-0.39, 0.29) is 5.78 Å². The van der Waals surface area contributed by atoms with Gasteiger partial charge in [-0.15, -0.1) is 11.3 Å². The fraction of sp³-hybridized carbons (Fsp3) is 0.333.